The summed E-state index contributed by atoms with van der Waals surface area (Å²) >= 11 is 0. The van der Waals surface area contributed by atoms with Crippen molar-refractivity contribution in [1.29, 1.82) is 0 Å². The first-order valence-corrected chi connectivity index (χ1v) is 9.29. The maximum atomic E-state index is 12.5. The average molecular weight is 378 g/mol. The van der Waals surface area contributed by atoms with Crippen LogP contribution >= 0.6 is 0 Å². The summed E-state index contributed by atoms with van der Waals surface area (Å²) in [4.78, 5) is 16.7. The van der Waals surface area contributed by atoms with Crippen molar-refractivity contribution in [2.24, 2.45) is 0 Å². The number of nitrogens with one attached hydrogen (secondary N) is 1. The molecule has 0 bridgehead atoms. The van der Waals surface area contributed by atoms with Gasteiger partial charge < -0.3 is 15.2 Å². The Labute approximate surface area is 163 Å². The Morgan fingerprint density at radius 3 is 2.82 bits per heavy atom. The van der Waals surface area contributed by atoms with Gasteiger partial charge in [-0.3, -0.25) is 9.78 Å². The number of rotatable bonds is 5. The van der Waals surface area contributed by atoms with Crippen LogP contribution in [0.4, 0.5) is 0 Å². The van der Waals surface area contributed by atoms with E-state index in [4.69, 9.17) is 4.74 Å². The predicted molar refractivity (Wildman–Crippen MR) is 103 cm³/mol. The summed E-state index contributed by atoms with van der Waals surface area (Å²) in [5.41, 5.74) is 3.48. The first-order valence-electron chi connectivity index (χ1n) is 9.29. The number of benzene rings is 1. The monoisotopic (exact) mass is 378 g/mol. The number of carbonyl (C=O) groups excluding carboxylic acids is 1. The molecular weight excluding hydrogens is 356 g/mol. The number of nitrogens with zero attached hydrogens (tertiary/aromatic N) is 3. The minimum Gasteiger partial charge on any atom is -0.389 e. The maximum absolute atomic E-state index is 12.5. The van der Waals surface area contributed by atoms with Gasteiger partial charge in [-0.1, -0.05) is 12.1 Å². The lowest BCUT2D eigenvalue weighted by Gasteiger charge is -2.28. The molecule has 0 saturated carbocycles. The molecule has 1 amide bonds. The Hall–Kier alpha value is -3.03. The van der Waals surface area contributed by atoms with Gasteiger partial charge in [-0.2, -0.15) is 5.10 Å². The number of aliphatic hydroxyl groups is 1. The molecule has 0 aliphatic carbocycles. The number of hydrogen-bond donors (Lipinski definition) is 2. The largest absolute Gasteiger partial charge is 0.389 e. The predicted octanol–water partition coefficient (Wildman–Crippen LogP) is 1.74. The van der Waals surface area contributed by atoms with Crippen LogP contribution in [-0.4, -0.2) is 51.1 Å². The number of aliphatic hydroxyl groups excluding tert-OH is 1. The van der Waals surface area contributed by atoms with Crippen molar-refractivity contribution < 1.29 is 14.6 Å². The van der Waals surface area contributed by atoms with E-state index in [0.717, 1.165) is 16.8 Å². The molecule has 3 aromatic rings. The molecule has 28 heavy (non-hydrogen) atoms. The average Bonchev–Trinajstić information content (AvgIpc) is 3.25. The smallest absolute Gasteiger partial charge is 0.270 e. The summed E-state index contributed by atoms with van der Waals surface area (Å²) in [5, 5.41) is 17.0. The van der Waals surface area contributed by atoms with E-state index >= 15 is 0 Å². The Bertz CT molecular complexity index is 925. The number of amides is 1. The minimum absolute atomic E-state index is 0.243. The van der Waals surface area contributed by atoms with Crippen molar-refractivity contribution in [3.05, 3.63) is 77.9 Å². The molecule has 2 aromatic heterocycles. The standard InChI is InChI=1S/C21H22N4O3/c26-20-14-28-11-7-18(20)24-21(27)19-13-16(6-9-22-19)12-15-2-4-17(5-3-15)25-10-1-8-23-25/h1-6,8-10,13,18,20,26H,7,11-12,14H2,(H,24,27)/t18-,20-/m0/s1. The molecule has 144 valence electrons. The van der Waals surface area contributed by atoms with Crippen LogP contribution in [-0.2, 0) is 11.2 Å². The molecule has 2 N–H and O–H groups in total. The van der Waals surface area contributed by atoms with Gasteiger partial charge in [-0.25, -0.2) is 4.68 Å². The van der Waals surface area contributed by atoms with E-state index < -0.39 is 6.10 Å². The fourth-order valence-electron chi connectivity index (χ4n) is 3.27. The first-order chi connectivity index (χ1) is 13.7. The molecule has 1 aromatic carbocycles. The lowest BCUT2D eigenvalue weighted by atomic mass is 10.0. The molecule has 7 heteroatoms. The Balaban J connectivity index is 1.42. The minimum atomic E-state index is -0.686. The normalized spacial score (nSPS) is 19.3. The van der Waals surface area contributed by atoms with Gasteiger partial charge in [0.25, 0.3) is 5.91 Å². The van der Waals surface area contributed by atoms with Gasteiger partial charge in [0.2, 0.25) is 0 Å². The van der Waals surface area contributed by atoms with E-state index in [1.165, 1.54) is 0 Å². The second-order valence-corrected chi connectivity index (χ2v) is 6.85. The molecule has 1 fully saturated rings. The van der Waals surface area contributed by atoms with Crippen LogP contribution in [0.15, 0.2) is 61.1 Å². The van der Waals surface area contributed by atoms with Crippen molar-refractivity contribution in [2.45, 2.75) is 25.0 Å². The van der Waals surface area contributed by atoms with Gasteiger partial charge in [0.15, 0.2) is 0 Å². The molecule has 3 heterocycles. The van der Waals surface area contributed by atoms with E-state index in [1.807, 2.05) is 35.1 Å². The van der Waals surface area contributed by atoms with Crippen LogP contribution in [0.25, 0.3) is 5.69 Å². The van der Waals surface area contributed by atoms with E-state index in [-0.39, 0.29) is 18.6 Å². The SMILES string of the molecule is O=C(N[C@H]1CCOC[C@@H]1O)c1cc(Cc2ccc(-n3cccn3)cc2)ccn1. The zero-order valence-corrected chi connectivity index (χ0v) is 15.4. The highest BCUT2D eigenvalue weighted by Crippen LogP contribution is 2.14. The lowest BCUT2D eigenvalue weighted by molar-refractivity contribution is -0.0261. The first kappa shape index (κ1) is 18.3. The quantitative estimate of drug-likeness (QED) is 0.706. The zero-order chi connectivity index (χ0) is 19.3. The number of hydrogen-bond acceptors (Lipinski definition) is 5. The van der Waals surface area contributed by atoms with Crippen LogP contribution in [0.3, 0.4) is 0 Å². The van der Waals surface area contributed by atoms with Crippen molar-refractivity contribution in [3.8, 4) is 5.69 Å². The fraction of sp³-hybridized carbons (Fsp3) is 0.286. The van der Waals surface area contributed by atoms with Gasteiger partial charge in [0, 0.05) is 25.2 Å². The Morgan fingerprint density at radius 1 is 1.21 bits per heavy atom. The number of pyridine rings is 1. The summed E-state index contributed by atoms with van der Waals surface area (Å²) in [5.74, 6) is -0.276. The molecule has 0 spiro atoms. The summed E-state index contributed by atoms with van der Waals surface area (Å²) < 4.78 is 7.00. The highest BCUT2D eigenvalue weighted by molar-refractivity contribution is 5.92. The van der Waals surface area contributed by atoms with Crippen molar-refractivity contribution in [3.63, 3.8) is 0 Å². The highest BCUT2D eigenvalue weighted by Gasteiger charge is 2.25. The number of carbonyl (C=O) groups is 1. The van der Waals surface area contributed by atoms with Crippen molar-refractivity contribution in [1.82, 2.24) is 20.1 Å². The highest BCUT2D eigenvalue weighted by atomic mass is 16.5. The molecular formula is C21H22N4O3. The summed E-state index contributed by atoms with van der Waals surface area (Å²) in [6.45, 7) is 0.775. The Morgan fingerprint density at radius 2 is 2.07 bits per heavy atom. The van der Waals surface area contributed by atoms with E-state index in [1.54, 1.807) is 18.5 Å². The van der Waals surface area contributed by atoms with Crippen LogP contribution < -0.4 is 5.32 Å². The van der Waals surface area contributed by atoms with E-state index in [9.17, 15) is 9.90 Å². The van der Waals surface area contributed by atoms with E-state index in [0.29, 0.717) is 25.1 Å². The molecule has 0 unspecified atom stereocenters. The third-order valence-corrected chi connectivity index (χ3v) is 4.81. The van der Waals surface area contributed by atoms with E-state index in [2.05, 4.69) is 27.5 Å². The second-order valence-electron chi connectivity index (χ2n) is 6.85. The summed E-state index contributed by atoms with van der Waals surface area (Å²) in [7, 11) is 0. The van der Waals surface area contributed by atoms with Crippen LogP contribution in [0.2, 0.25) is 0 Å². The second kappa shape index (κ2) is 8.33. The molecule has 0 radical (unpaired) electrons. The molecule has 1 aliphatic rings. The van der Waals surface area contributed by atoms with Crippen LogP contribution in [0.1, 0.15) is 28.0 Å². The van der Waals surface area contributed by atoms with Crippen molar-refractivity contribution >= 4 is 5.91 Å². The maximum Gasteiger partial charge on any atom is 0.270 e. The third kappa shape index (κ3) is 4.27. The van der Waals surface area contributed by atoms with Gasteiger partial charge in [-0.15, -0.1) is 0 Å². The summed E-state index contributed by atoms with van der Waals surface area (Å²) in [6, 6.07) is 13.4. The van der Waals surface area contributed by atoms with Gasteiger partial charge in [-0.05, 0) is 54.3 Å². The Kier molecular flexibility index (Phi) is 5.45. The topological polar surface area (TPSA) is 89.3 Å². The number of ether oxygens (including phenoxy) is 1. The van der Waals surface area contributed by atoms with Gasteiger partial charge in [0.1, 0.15) is 5.69 Å². The molecule has 7 nitrogen and oxygen atoms in total. The zero-order valence-electron chi connectivity index (χ0n) is 15.4. The number of aromatic nitrogens is 3. The lowest BCUT2D eigenvalue weighted by Crippen LogP contribution is -2.48. The molecule has 2 atom stereocenters. The molecule has 1 aliphatic heterocycles. The molecule has 4 rings (SSSR count). The van der Waals surface area contributed by atoms with Crippen molar-refractivity contribution in [2.75, 3.05) is 13.2 Å². The molecule has 1 saturated heterocycles. The van der Waals surface area contributed by atoms with Gasteiger partial charge in [0.05, 0.1) is 24.4 Å². The van der Waals surface area contributed by atoms with Crippen LogP contribution in [0, 0.1) is 0 Å². The van der Waals surface area contributed by atoms with Crippen LogP contribution in [0.5, 0.6) is 0 Å². The van der Waals surface area contributed by atoms with Gasteiger partial charge >= 0.3 is 0 Å². The third-order valence-electron chi connectivity index (χ3n) is 4.81. The fourth-order valence-corrected chi connectivity index (χ4v) is 3.27. The summed E-state index contributed by atoms with van der Waals surface area (Å²) in [6.07, 6.45) is 5.89.